The van der Waals surface area contributed by atoms with Gasteiger partial charge in [-0.1, -0.05) is 117 Å². The van der Waals surface area contributed by atoms with E-state index in [2.05, 4.69) is 54.4 Å². The Morgan fingerprint density at radius 3 is 1.10 bits per heavy atom. The van der Waals surface area contributed by atoms with Crippen molar-refractivity contribution in [1.29, 1.82) is 0 Å². The summed E-state index contributed by atoms with van der Waals surface area (Å²) in [7, 11) is 0. The summed E-state index contributed by atoms with van der Waals surface area (Å²) < 4.78 is 21.9. The molecule has 2 unspecified atom stereocenters. The average molecular weight is 613 g/mol. The normalized spacial score (nSPS) is 12.2. The smallest absolute Gasteiger partial charge is 0.355 e. The quantitative estimate of drug-likeness (QED) is 0.0350. The van der Waals surface area contributed by atoms with Crippen molar-refractivity contribution in [3.63, 3.8) is 0 Å². The molecular weight excluding hydrogens is 543 g/mol. The van der Waals surface area contributed by atoms with Gasteiger partial charge < -0.3 is 31.8 Å². The third-order valence-corrected chi connectivity index (χ3v) is 6.87. The molecule has 6 heteroatoms. The van der Waals surface area contributed by atoms with Crippen LogP contribution in [0.2, 0.25) is 0 Å². The predicted molar refractivity (Wildman–Crippen MR) is 172 cm³/mol. The summed E-state index contributed by atoms with van der Waals surface area (Å²) in [6.07, 6.45) is 27.5. The van der Waals surface area contributed by atoms with E-state index in [0.717, 1.165) is 51.1 Å². The zero-order valence-corrected chi connectivity index (χ0v) is 29.2. The van der Waals surface area contributed by atoms with Crippen LogP contribution >= 0.6 is 0 Å². The van der Waals surface area contributed by atoms with Crippen LogP contribution in [-0.4, -0.2) is 58.9 Å². The van der Waals surface area contributed by atoms with Crippen LogP contribution in [0.1, 0.15) is 157 Å². The van der Waals surface area contributed by atoms with Gasteiger partial charge in [0.2, 0.25) is 0 Å². The molecule has 0 aromatic carbocycles. The van der Waals surface area contributed by atoms with Crippen molar-refractivity contribution in [3.8, 4) is 0 Å². The molecule has 0 heterocycles. The summed E-state index contributed by atoms with van der Waals surface area (Å²) in [5.74, 6) is 1.58. The maximum atomic E-state index is 5.47. The molecule has 4 nitrogen and oxygen atoms in total. The van der Waals surface area contributed by atoms with Crippen molar-refractivity contribution in [2.24, 2.45) is 11.8 Å². The molecule has 0 saturated heterocycles. The first-order valence-corrected chi connectivity index (χ1v) is 16.5. The van der Waals surface area contributed by atoms with Crippen LogP contribution in [0.5, 0.6) is 0 Å². The Morgan fingerprint density at radius 2 is 0.775 bits per heavy atom. The van der Waals surface area contributed by atoms with Crippen molar-refractivity contribution < 1.29 is 36.0 Å². The van der Waals surface area contributed by atoms with Gasteiger partial charge in [0.1, 0.15) is 13.6 Å². The van der Waals surface area contributed by atoms with E-state index < -0.39 is 0 Å². The number of hydrogen-bond donors (Lipinski definition) is 0. The van der Waals surface area contributed by atoms with Gasteiger partial charge in [-0.25, -0.2) is 0 Å². The van der Waals surface area contributed by atoms with E-state index in [1.165, 1.54) is 103 Å². The molecule has 0 saturated carbocycles. The molecule has 0 bridgehead atoms. The number of hydrogen-bond acceptors (Lipinski definition) is 4. The summed E-state index contributed by atoms with van der Waals surface area (Å²) in [6.45, 7) is 17.7. The SMILES string of the molecule is C[CH-]CC(C)CCCOCOCCCCCCCC.C[CH-]CC(C)CCCOCOCCCCCCCC.[Cu+2].[Li]. The van der Waals surface area contributed by atoms with E-state index in [4.69, 9.17) is 18.9 Å². The molecule has 0 N–H and O–H groups in total. The second-order valence-electron chi connectivity index (χ2n) is 11.2. The number of unbranched alkanes of at least 4 members (excludes halogenated alkanes) is 10. The van der Waals surface area contributed by atoms with Crippen molar-refractivity contribution in [2.75, 3.05) is 40.0 Å². The first-order valence-electron chi connectivity index (χ1n) is 16.5. The molecule has 0 amide bonds. The van der Waals surface area contributed by atoms with E-state index in [1.54, 1.807) is 0 Å². The van der Waals surface area contributed by atoms with Gasteiger partial charge in [-0.3, -0.25) is 0 Å². The fourth-order valence-electron chi connectivity index (χ4n) is 4.43. The number of ether oxygens (including phenoxy) is 4. The molecule has 2 radical (unpaired) electrons. The summed E-state index contributed by atoms with van der Waals surface area (Å²) in [5, 5.41) is 0. The summed E-state index contributed by atoms with van der Waals surface area (Å²) in [6, 6.07) is 0. The van der Waals surface area contributed by atoms with Crippen LogP contribution in [0.3, 0.4) is 0 Å². The summed E-state index contributed by atoms with van der Waals surface area (Å²) in [5.41, 5.74) is 0. The van der Waals surface area contributed by atoms with Crippen molar-refractivity contribution >= 4 is 18.9 Å². The molecule has 242 valence electrons. The van der Waals surface area contributed by atoms with Gasteiger partial charge in [-0.05, 0) is 25.7 Å². The Balaban J connectivity index is -0.000000309. The predicted octanol–water partition coefficient (Wildman–Crippen LogP) is 10.4. The minimum absolute atomic E-state index is 0. The van der Waals surface area contributed by atoms with Gasteiger partial charge in [-0.15, -0.1) is 0 Å². The Labute approximate surface area is 275 Å². The molecule has 2 atom stereocenters. The van der Waals surface area contributed by atoms with Gasteiger partial charge in [0.15, 0.2) is 0 Å². The molecule has 0 aromatic heterocycles. The Bertz CT molecular complexity index is 368. The van der Waals surface area contributed by atoms with E-state index in [0.29, 0.717) is 13.6 Å². The topological polar surface area (TPSA) is 36.9 Å². The maximum Gasteiger partial charge on any atom is 2.00 e. The monoisotopic (exact) mass is 612 g/mol. The second-order valence-corrected chi connectivity index (χ2v) is 11.2. The Kier molecular flexibility index (Phi) is 53.1. The maximum absolute atomic E-state index is 5.47. The molecule has 0 fully saturated rings. The van der Waals surface area contributed by atoms with Gasteiger partial charge >= 0.3 is 17.1 Å². The minimum atomic E-state index is 0. The van der Waals surface area contributed by atoms with E-state index in [9.17, 15) is 0 Å². The van der Waals surface area contributed by atoms with E-state index in [1.807, 2.05) is 0 Å². The van der Waals surface area contributed by atoms with Gasteiger partial charge in [0.05, 0.1) is 0 Å². The Hall–Kier alpha value is 0.957. The molecule has 40 heavy (non-hydrogen) atoms. The molecular formula is C34H70CuLiO4. The van der Waals surface area contributed by atoms with Crippen LogP contribution in [0.4, 0.5) is 0 Å². The first kappa shape index (κ1) is 47.9. The molecule has 0 aliphatic rings. The molecule has 0 aliphatic heterocycles. The van der Waals surface area contributed by atoms with Crippen LogP contribution in [-0.2, 0) is 36.0 Å². The van der Waals surface area contributed by atoms with Crippen LogP contribution < -0.4 is 0 Å². The van der Waals surface area contributed by atoms with Gasteiger partial charge in [0, 0.05) is 45.3 Å². The van der Waals surface area contributed by atoms with Gasteiger partial charge in [-0.2, -0.15) is 26.7 Å². The summed E-state index contributed by atoms with van der Waals surface area (Å²) in [4.78, 5) is 0. The fraction of sp³-hybridized carbons (Fsp3) is 0.941. The van der Waals surface area contributed by atoms with Crippen molar-refractivity contribution in [3.05, 3.63) is 12.8 Å². The minimum Gasteiger partial charge on any atom is -0.355 e. The number of rotatable bonds is 30. The molecule has 0 spiro atoms. The second kappa shape index (κ2) is 44.4. The van der Waals surface area contributed by atoms with Gasteiger partial charge in [0.25, 0.3) is 0 Å². The van der Waals surface area contributed by atoms with Crippen molar-refractivity contribution in [2.45, 2.75) is 157 Å². The molecule has 0 rings (SSSR count). The van der Waals surface area contributed by atoms with Crippen LogP contribution in [0.15, 0.2) is 0 Å². The average Bonchev–Trinajstić information content (AvgIpc) is 2.90. The van der Waals surface area contributed by atoms with Crippen LogP contribution in [0, 0.1) is 24.7 Å². The first-order chi connectivity index (χ1) is 18.6. The molecule has 0 aliphatic carbocycles. The standard InChI is InChI=1S/2C17H35O2.Cu.Li/c2*1-4-6-7-8-9-10-14-18-16-19-15-11-13-17(3)12-5-2;;/h2*5,17H,4,6-16H2,1-3H3;;/q2*-1;+2;. The third-order valence-electron chi connectivity index (χ3n) is 6.87. The van der Waals surface area contributed by atoms with Crippen molar-refractivity contribution in [1.82, 2.24) is 0 Å². The van der Waals surface area contributed by atoms with Crippen LogP contribution in [0.25, 0.3) is 0 Å². The third kappa shape index (κ3) is 45.9. The largest absolute Gasteiger partial charge is 2.00 e. The molecule has 0 aromatic rings. The zero-order valence-electron chi connectivity index (χ0n) is 28.2. The fourth-order valence-corrected chi connectivity index (χ4v) is 4.43. The zero-order chi connectivity index (χ0) is 28.4. The van der Waals surface area contributed by atoms with E-state index >= 15 is 0 Å². The Morgan fingerprint density at radius 1 is 0.475 bits per heavy atom. The summed E-state index contributed by atoms with van der Waals surface area (Å²) >= 11 is 0. The van der Waals surface area contributed by atoms with E-state index in [-0.39, 0.29) is 35.9 Å².